The first kappa shape index (κ1) is 11.5. The fraction of sp³-hybridized carbons (Fsp3) is 0.143. The van der Waals surface area contributed by atoms with Crippen molar-refractivity contribution in [1.82, 2.24) is 4.98 Å². The van der Waals surface area contributed by atoms with E-state index in [1.54, 1.807) is 38.2 Å². The molecule has 1 aromatic heterocycles. The quantitative estimate of drug-likeness (QED) is 0.752. The van der Waals surface area contributed by atoms with Crippen molar-refractivity contribution in [2.24, 2.45) is 0 Å². The van der Waals surface area contributed by atoms with E-state index in [2.05, 4.69) is 4.98 Å². The molecule has 0 bridgehead atoms. The minimum Gasteiger partial charge on any atom is -0.289 e. The molecule has 2 aromatic rings. The summed E-state index contributed by atoms with van der Waals surface area (Å²) in [6.07, 6.45) is 2.74. The van der Waals surface area contributed by atoms with E-state index < -0.39 is 0 Å². The van der Waals surface area contributed by atoms with E-state index in [1.807, 2.05) is 0 Å². The summed E-state index contributed by atoms with van der Waals surface area (Å²) in [5, 5.41) is 0. The van der Waals surface area contributed by atoms with Crippen LogP contribution in [0.25, 0.3) is 11.1 Å². The van der Waals surface area contributed by atoms with Crippen LogP contribution in [0.3, 0.4) is 0 Å². The van der Waals surface area contributed by atoms with Crippen LogP contribution in [-0.4, -0.2) is 4.98 Å². The monoisotopic (exact) mass is 229 g/mol. The zero-order chi connectivity index (χ0) is 12.4. The molecule has 3 heteroatoms. The molecule has 0 fully saturated rings. The van der Waals surface area contributed by atoms with Gasteiger partial charge in [-0.05, 0) is 42.7 Å². The second-order valence-corrected chi connectivity index (χ2v) is 4.02. The highest BCUT2D eigenvalue weighted by atomic mass is 19.1. The van der Waals surface area contributed by atoms with Crippen LogP contribution in [0.4, 0.5) is 4.39 Å². The van der Waals surface area contributed by atoms with Gasteiger partial charge in [0.1, 0.15) is 5.82 Å². The number of nitrogens with zero attached hydrogens (tertiary/aromatic N) is 1. The Morgan fingerprint density at radius 3 is 2.47 bits per heavy atom. The van der Waals surface area contributed by atoms with Crippen LogP contribution < -0.4 is 5.43 Å². The first-order chi connectivity index (χ1) is 8.08. The summed E-state index contributed by atoms with van der Waals surface area (Å²) in [5.41, 5.74) is 2.80. The molecule has 0 N–H and O–H groups in total. The molecule has 0 saturated heterocycles. The van der Waals surface area contributed by atoms with Crippen molar-refractivity contribution in [3.8, 4) is 11.1 Å². The minimum atomic E-state index is -0.384. The Morgan fingerprint density at radius 1 is 1.00 bits per heavy atom. The van der Waals surface area contributed by atoms with Crippen molar-refractivity contribution in [3.05, 3.63) is 63.8 Å². The van der Waals surface area contributed by atoms with Gasteiger partial charge in [-0.15, -0.1) is 0 Å². The summed E-state index contributed by atoms with van der Waals surface area (Å²) >= 11 is 0. The zero-order valence-corrected chi connectivity index (χ0v) is 9.70. The van der Waals surface area contributed by atoms with Crippen LogP contribution in [0.5, 0.6) is 0 Å². The van der Waals surface area contributed by atoms with Crippen LogP contribution in [0, 0.1) is 19.7 Å². The van der Waals surface area contributed by atoms with Gasteiger partial charge in [0.05, 0.1) is 6.20 Å². The van der Waals surface area contributed by atoms with Gasteiger partial charge < -0.3 is 0 Å². The summed E-state index contributed by atoms with van der Waals surface area (Å²) < 4.78 is 13.1. The third-order valence-corrected chi connectivity index (χ3v) is 2.64. The molecule has 17 heavy (non-hydrogen) atoms. The summed E-state index contributed by atoms with van der Waals surface area (Å²) in [4.78, 5) is 15.5. The van der Waals surface area contributed by atoms with Crippen molar-refractivity contribution in [2.75, 3.05) is 0 Å². The molecule has 1 aromatic carbocycles. The van der Waals surface area contributed by atoms with Crippen molar-refractivity contribution in [3.63, 3.8) is 0 Å². The Balaban J connectivity index is 2.66. The van der Waals surface area contributed by atoms with Crippen molar-refractivity contribution < 1.29 is 4.39 Å². The highest BCUT2D eigenvalue weighted by Crippen LogP contribution is 2.18. The Morgan fingerprint density at radius 2 is 1.76 bits per heavy atom. The van der Waals surface area contributed by atoms with Gasteiger partial charge in [-0.2, -0.15) is 0 Å². The first-order valence-electron chi connectivity index (χ1n) is 5.30. The second-order valence-electron chi connectivity index (χ2n) is 4.02. The molecule has 0 aliphatic rings. The van der Waals surface area contributed by atoms with Gasteiger partial charge in [-0.25, -0.2) is 4.39 Å². The van der Waals surface area contributed by atoms with E-state index in [1.165, 1.54) is 6.07 Å². The van der Waals surface area contributed by atoms with Crippen LogP contribution >= 0.6 is 0 Å². The van der Waals surface area contributed by atoms with Gasteiger partial charge in [0.25, 0.3) is 0 Å². The van der Waals surface area contributed by atoms with Crippen LogP contribution in [0.2, 0.25) is 0 Å². The second kappa shape index (κ2) is 4.45. The maximum Gasteiger partial charge on any atom is 0.184 e. The lowest BCUT2D eigenvalue weighted by Crippen LogP contribution is -2.03. The maximum absolute atomic E-state index is 13.1. The molecule has 2 rings (SSSR count). The van der Waals surface area contributed by atoms with Gasteiger partial charge >= 0.3 is 0 Å². The average Bonchev–Trinajstić information content (AvgIpc) is 2.43. The Kier molecular flexibility index (Phi) is 3.00. The largest absolute Gasteiger partial charge is 0.289 e. The number of aryl methyl sites for hydroxylation is 2. The molecule has 0 radical (unpaired) electrons. The predicted molar refractivity (Wildman–Crippen MR) is 65.4 cm³/mol. The molecule has 0 spiro atoms. The Labute approximate surface area is 98.8 Å². The van der Waals surface area contributed by atoms with E-state index >= 15 is 0 Å². The van der Waals surface area contributed by atoms with Crippen LogP contribution in [0.1, 0.15) is 11.1 Å². The van der Waals surface area contributed by atoms with Crippen LogP contribution in [-0.2, 0) is 0 Å². The third kappa shape index (κ3) is 2.38. The fourth-order valence-electron chi connectivity index (χ4n) is 1.70. The SMILES string of the molecule is Cc1ccc(-c2cncc(F)c2)cc(C)c1=O. The van der Waals surface area contributed by atoms with Crippen molar-refractivity contribution >= 4 is 0 Å². The number of rotatable bonds is 1. The van der Waals surface area contributed by atoms with E-state index in [-0.39, 0.29) is 11.2 Å². The van der Waals surface area contributed by atoms with Crippen molar-refractivity contribution in [1.29, 1.82) is 0 Å². The summed E-state index contributed by atoms with van der Waals surface area (Å²) in [5.74, 6) is -0.384. The lowest BCUT2D eigenvalue weighted by atomic mass is 10.1. The third-order valence-electron chi connectivity index (χ3n) is 2.64. The van der Waals surface area contributed by atoms with E-state index in [0.717, 1.165) is 11.8 Å². The number of hydrogen-bond acceptors (Lipinski definition) is 2. The molecule has 0 saturated carbocycles. The topological polar surface area (TPSA) is 30.0 Å². The van der Waals surface area contributed by atoms with Gasteiger partial charge in [0.15, 0.2) is 5.43 Å². The predicted octanol–water partition coefficient (Wildman–Crippen LogP) is 2.86. The molecule has 1 heterocycles. The highest BCUT2D eigenvalue weighted by Gasteiger charge is 2.02. The molecular formula is C14H12FNO. The molecule has 0 aliphatic heterocycles. The summed E-state index contributed by atoms with van der Waals surface area (Å²) in [6, 6.07) is 6.71. The highest BCUT2D eigenvalue weighted by molar-refractivity contribution is 5.62. The summed E-state index contributed by atoms with van der Waals surface area (Å²) in [6.45, 7) is 3.52. The number of pyridine rings is 1. The molecule has 0 atom stereocenters. The van der Waals surface area contributed by atoms with E-state index in [9.17, 15) is 9.18 Å². The molecular weight excluding hydrogens is 217 g/mol. The number of halogens is 1. The first-order valence-corrected chi connectivity index (χ1v) is 5.30. The smallest absolute Gasteiger partial charge is 0.184 e. The average molecular weight is 229 g/mol. The fourth-order valence-corrected chi connectivity index (χ4v) is 1.70. The molecule has 2 nitrogen and oxygen atoms in total. The normalized spacial score (nSPS) is 10.3. The maximum atomic E-state index is 13.1. The molecule has 0 unspecified atom stereocenters. The minimum absolute atomic E-state index is 0.0145. The van der Waals surface area contributed by atoms with Gasteiger partial charge in [-0.3, -0.25) is 9.78 Å². The number of hydrogen-bond donors (Lipinski definition) is 0. The molecule has 86 valence electrons. The Hall–Kier alpha value is -2.03. The van der Waals surface area contributed by atoms with Crippen LogP contribution in [0.15, 0.2) is 41.5 Å². The lowest BCUT2D eigenvalue weighted by Gasteiger charge is -1.98. The van der Waals surface area contributed by atoms with E-state index in [4.69, 9.17) is 0 Å². The van der Waals surface area contributed by atoms with Gasteiger partial charge in [0, 0.05) is 11.8 Å². The summed E-state index contributed by atoms with van der Waals surface area (Å²) in [7, 11) is 0. The van der Waals surface area contributed by atoms with E-state index in [0.29, 0.717) is 16.7 Å². The Bertz CT molecular complexity index is 623. The van der Waals surface area contributed by atoms with Gasteiger partial charge in [-0.1, -0.05) is 12.1 Å². The lowest BCUT2D eigenvalue weighted by molar-refractivity contribution is 0.622. The number of aromatic nitrogens is 1. The van der Waals surface area contributed by atoms with Crippen molar-refractivity contribution in [2.45, 2.75) is 13.8 Å². The molecule has 0 amide bonds. The molecule has 0 aliphatic carbocycles. The standard InChI is InChI=1S/C14H12FNO/c1-9-3-4-11(5-10(2)14(9)17)12-6-13(15)8-16-7-12/h3-8H,1-2H3. The van der Waals surface area contributed by atoms with Gasteiger partial charge in [0.2, 0.25) is 0 Å². The zero-order valence-electron chi connectivity index (χ0n) is 9.70.